The summed E-state index contributed by atoms with van der Waals surface area (Å²) in [5.41, 5.74) is -1.96. The highest BCUT2D eigenvalue weighted by molar-refractivity contribution is 7.89. The van der Waals surface area contributed by atoms with Crippen LogP contribution in [0.3, 0.4) is 0 Å². The Bertz CT molecular complexity index is 1340. The number of carbonyl (C=O) groups excluding carboxylic acids is 1. The van der Waals surface area contributed by atoms with E-state index >= 15 is 0 Å². The number of para-hydroxylation sites is 1. The Morgan fingerprint density at radius 2 is 1.71 bits per heavy atom. The summed E-state index contributed by atoms with van der Waals surface area (Å²) in [4.78, 5) is 24.8. The minimum absolute atomic E-state index is 0.0694. The van der Waals surface area contributed by atoms with Gasteiger partial charge >= 0.3 is 6.18 Å². The van der Waals surface area contributed by atoms with Gasteiger partial charge in [0.1, 0.15) is 0 Å². The summed E-state index contributed by atoms with van der Waals surface area (Å²) >= 11 is 0. The van der Waals surface area contributed by atoms with Crippen LogP contribution in [0, 0.1) is 6.92 Å². The van der Waals surface area contributed by atoms with Gasteiger partial charge in [0, 0.05) is 24.8 Å². The van der Waals surface area contributed by atoms with E-state index in [0.29, 0.717) is 0 Å². The summed E-state index contributed by atoms with van der Waals surface area (Å²) in [5, 5.41) is 6.12. The molecule has 0 aliphatic carbocycles. The topological polar surface area (TPSA) is 110 Å². The zero-order valence-electron chi connectivity index (χ0n) is 18.0. The molecule has 0 spiro atoms. The highest BCUT2D eigenvalue weighted by Crippen LogP contribution is 2.33. The average molecular weight is 494 g/mol. The molecule has 8 nitrogen and oxygen atoms in total. The molecule has 0 aliphatic rings. The summed E-state index contributed by atoms with van der Waals surface area (Å²) in [7, 11) is -3.74. The highest BCUT2D eigenvalue weighted by Gasteiger charge is 2.34. The molecule has 0 unspecified atom stereocenters. The van der Waals surface area contributed by atoms with Gasteiger partial charge < -0.3 is 5.32 Å². The number of aromatic nitrogens is 2. The third-order valence-electron chi connectivity index (χ3n) is 4.76. The van der Waals surface area contributed by atoms with Crippen molar-refractivity contribution in [1.82, 2.24) is 19.8 Å². The molecule has 3 aromatic rings. The minimum Gasteiger partial charge on any atom is -0.349 e. The number of carbonyl (C=O) groups is 1. The lowest BCUT2D eigenvalue weighted by atomic mass is 10.1. The van der Waals surface area contributed by atoms with Gasteiger partial charge in [-0.15, -0.1) is 0 Å². The van der Waals surface area contributed by atoms with E-state index in [1.807, 2.05) is 0 Å². The van der Waals surface area contributed by atoms with Crippen molar-refractivity contribution in [1.29, 1.82) is 0 Å². The first-order chi connectivity index (χ1) is 16.0. The minimum atomic E-state index is -4.68. The number of nitrogens with one attached hydrogen (secondary N) is 2. The molecule has 0 saturated heterocycles. The normalized spacial score (nSPS) is 11.9. The number of sulfonamides is 1. The molecule has 34 heavy (non-hydrogen) atoms. The lowest BCUT2D eigenvalue weighted by molar-refractivity contribution is -0.137. The predicted molar refractivity (Wildman–Crippen MR) is 119 cm³/mol. The van der Waals surface area contributed by atoms with Gasteiger partial charge in [0.25, 0.3) is 5.91 Å². The van der Waals surface area contributed by atoms with Gasteiger partial charge in [0.2, 0.25) is 15.5 Å². The molecule has 2 N–H and O–H groups in total. The molecule has 12 heteroatoms. The monoisotopic (exact) mass is 494 g/mol. The van der Waals surface area contributed by atoms with E-state index in [-0.39, 0.29) is 24.5 Å². The van der Waals surface area contributed by atoms with Crippen molar-refractivity contribution in [2.45, 2.75) is 19.6 Å². The van der Waals surface area contributed by atoms with Crippen LogP contribution in [0.2, 0.25) is 0 Å². The number of amides is 1. The summed E-state index contributed by atoms with van der Waals surface area (Å²) < 4.78 is 67.8. The third kappa shape index (κ3) is 6.29. The number of rotatable bonds is 8. The second-order valence-electron chi connectivity index (χ2n) is 7.31. The Labute approximate surface area is 193 Å². The standard InChI is InChI=1S/C22H21F3N4O4S/c1-15-13-19(30)20(28-29(15)18-10-6-5-9-17(18)22(23,24)25)21(31)26-11-12-34(32,33)27-14-16-7-3-2-4-8-16/h2-10,13,27H,11-12,14H2,1H3,(H,26,31). The van der Waals surface area contributed by atoms with Gasteiger partial charge in [-0.3, -0.25) is 9.59 Å². The molecular formula is C22H21F3N4O4S. The molecule has 0 fully saturated rings. The molecule has 3 rings (SSSR count). The van der Waals surface area contributed by atoms with Gasteiger partial charge in [-0.05, 0) is 24.6 Å². The van der Waals surface area contributed by atoms with E-state index in [1.54, 1.807) is 30.3 Å². The van der Waals surface area contributed by atoms with Crippen LogP contribution in [0.1, 0.15) is 27.3 Å². The van der Waals surface area contributed by atoms with Crippen LogP contribution in [0.4, 0.5) is 13.2 Å². The summed E-state index contributed by atoms with van der Waals surface area (Å²) in [6.07, 6.45) is -4.68. The van der Waals surface area contributed by atoms with Crippen LogP contribution in [-0.4, -0.2) is 36.4 Å². The van der Waals surface area contributed by atoms with Gasteiger partial charge in [-0.1, -0.05) is 42.5 Å². The van der Waals surface area contributed by atoms with Gasteiger partial charge in [-0.25, -0.2) is 17.8 Å². The Balaban J connectivity index is 1.73. The fourth-order valence-electron chi connectivity index (χ4n) is 3.09. The Kier molecular flexibility index (Phi) is 7.52. The Morgan fingerprint density at radius 3 is 2.38 bits per heavy atom. The van der Waals surface area contributed by atoms with Crippen LogP contribution < -0.4 is 15.5 Å². The molecule has 0 bridgehead atoms. The lowest BCUT2D eigenvalue weighted by Gasteiger charge is -2.16. The van der Waals surface area contributed by atoms with Crippen molar-refractivity contribution >= 4 is 15.9 Å². The van der Waals surface area contributed by atoms with Crippen LogP contribution in [0.5, 0.6) is 0 Å². The quantitative estimate of drug-likeness (QED) is 0.500. The number of benzene rings is 2. The Morgan fingerprint density at radius 1 is 1.06 bits per heavy atom. The van der Waals surface area contributed by atoms with Crippen molar-refractivity contribution in [3.8, 4) is 5.69 Å². The third-order valence-corrected chi connectivity index (χ3v) is 6.08. The van der Waals surface area contributed by atoms with Gasteiger partial charge in [0.15, 0.2) is 5.69 Å². The number of nitrogens with zero attached hydrogens (tertiary/aromatic N) is 2. The highest BCUT2D eigenvalue weighted by atomic mass is 32.2. The summed E-state index contributed by atoms with van der Waals surface area (Å²) in [5.74, 6) is -1.47. The van der Waals surface area contributed by atoms with Crippen LogP contribution in [0.15, 0.2) is 65.5 Å². The number of halogens is 3. The second-order valence-corrected chi connectivity index (χ2v) is 9.23. The molecular weight excluding hydrogens is 473 g/mol. The molecule has 0 radical (unpaired) electrons. The van der Waals surface area contributed by atoms with Crippen LogP contribution in [0.25, 0.3) is 5.69 Å². The molecule has 1 heterocycles. The summed E-state index contributed by atoms with van der Waals surface area (Å²) in [6.45, 7) is 1.12. The number of aryl methyl sites for hydroxylation is 1. The second kappa shape index (κ2) is 10.2. The molecule has 0 aliphatic heterocycles. The van der Waals surface area contributed by atoms with E-state index in [0.717, 1.165) is 22.4 Å². The average Bonchev–Trinajstić information content (AvgIpc) is 2.78. The van der Waals surface area contributed by atoms with Crippen LogP contribution >= 0.6 is 0 Å². The van der Waals surface area contributed by atoms with E-state index in [2.05, 4.69) is 15.1 Å². The van der Waals surface area contributed by atoms with E-state index in [4.69, 9.17) is 0 Å². The number of hydrogen-bond acceptors (Lipinski definition) is 5. The smallest absolute Gasteiger partial charge is 0.349 e. The Hall–Kier alpha value is -3.51. The lowest BCUT2D eigenvalue weighted by Crippen LogP contribution is -2.37. The largest absolute Gasteiger partial charge is 0.418 e. The van der Waals surface area contributed by atoms with E-state index in [1.165, 1.54) is 25.1 Å². The van der Waals surface area contributed by atoms with Crippen molar-refractivity contribution in [3.63, 3.8) is 0 Å². The van der Waals surface area contributed by atoms with Crippen molar-refractivity contribution in [2.75, 3.05) is 12.3 Å². The zero-order valence-corrected chi connectivity index (χ0v) is 18.8. The first kappa shape index (κ1) is 25.1. The first-order valence-corrected chi connectivity index (χ1v) is 11.7. The number of alkyl halides is 3. The van der Waals surface area contributed by atoms with E-state index in [9.17, 15) is 31.2 Å². The van der Waals surface area contributed by atoms with E-state index < -0.39 is 44.5 Å². The predicted octanol–water partition coefficient (Wildman–Crippen LogP) is 2.41. The van der Waals surface area contributed by atoms with Gasteiger partial charge in [-0.2, -0.15) is 18.3 Å². The zero-order chi connectivity index (χ0) is 24.9. The maximum Gasteiger partial charge on any atom is 0.418 e. The molecule has 2 aromatic carbocycles. The van der Waals surface area contributed by atoms with Crippen molar-refractivity contribution in [3.05, 3.63) is 93.4 Å². The molecule has 180 valence electrons. The fourth-order valence-corrected chi connectivity index (χ4v) is 3.99. The molecule has 0 atom stereocenters. The fraction of sp³-hybridized carbons (Fsp3) is 0.227. The SMILES string of the molecule is Cc1cc(=O)c(C(=O)NCCS(=O)(=O)NCc2ccccc2)nn1-c1ccccc1C(F)(F)F. The maximum absolute atomic E-state index is 13.4. The molecule has 0 saturated carbocycles. The maximum atomic E-state index is 13.4. The van der Waals surface area contributed by atoms with Crippen LogP contribution in [-0.2, 0) is 22.7 Å². The molecule has 1 amide bonds. The first-order valence-electron chi connectivity index (χ1n) is 10.0. The van der Waals surface area contributed by atoms with Crippen molar-refractivity contribution in [2.24, 2.45) is 0 Å². The summed E-state index contributed by atoms with van der Waals surface area (Å²) in [6, 6.07) is 14.4. The number of hydrogen-bond donors (Lipinski definition) is 2. The molecule has 1 aromatic heterocycles. The van der Waals surface area contributed by atoms with Crippen molar-refractivity contribution < 1.29 is 26.4 Å². The van der Waals surface area contributed by atoms with Gasteiger partial charge in [0.05, 0.1) is 17.0 Å².